The van der Waals surface area contributed by atoms with E-state index in [1.54, 1.807) is 0 Å². The Hall–Kier alpha value is -3.66. The quantitative estimate of drug-likeness (QED) is 0.368. The summed E-state index contributed by atoms with van der Waals surface area (Å²) < 4.78 is 59.2. The topological polar surface area (TPSA) is 85.3 Å². The van der Waals surface area contributed by atoms with E-state index in [0.717, 1.165) is 12.1 Å². The van der Waals surface area contributed by atoms with Gasteiger partial charge in [0.2, 0.25) is 5.95 Å². The molecule has 2 aromatic heterocycles. The van der Waals surface area contributed by atoms with Crippen LogP contribution in [0.4, 0.5) is 23.5 Å². The molecule has 0 saturated heterocycles. The van der Waals surface area contributed by atoms with Crippen LogP contribution in [-0.4, -0.2) is 33.0 Å². The maximum Gasteiger partial charge on any atom is 0.271 e. The van der Waals surface area contributed by atoms with Crippen LogP contribution in [0.1, 0.15) is 28.8 Å². The van der Waals surface area contributed by atoms with E-state index in [4.69, 9.17) is 17.3 Å². The van der Waals surface area contributed by atoms with Crippen molar-refractivity contribution in [3.63, 3.8) is 0 Å². The number of anilines is 1. The number of hydrogen-bond donors (Lipinski definition) is 2. The highest BCUT2D eigenvalue weighted by Gasteiger charge is 2.38. The molecule has 0 saturated carbocycles. The number of nitrogens with two attached hydrogens (primary N) is 1. The minimum atomic E-state index is -3.40. The number of halogens is 5. The molecule has 4 aromatic rings. The third-order valence-corrected chi connectivity index (χ3v) is 5.79. The van der Waals surface area contributed by atoms with E-state index in [1.165, 1.54) is 54.0 Å². The molecule has 0 unspecified atom stereocenters. The monoisotopic (exact) mass is 491 g/mol. The molecule has 0 bridgehead atoms. The molecule has 6 nitrogen and oxygen atoms in total. The zero-order chi connectivity index (χ0) is 24.6. The maximum atomic E-state index is 15.3. The Balaban J connectivity index is 1.57. The number of aromatic nitrogens is 3. The summed E-state index contributed by atoms with van der Waals surface area (Å²) >= 11 is 6.04. The number of nitrogens with zero attached hydrogens (tertiary/aromatic N) is 3. The molecule has 0 fully saturated rings. The number of alkyl halides is 2. The van der Waals surface area contributed by atoms with Crippen LogP contribution in [0.25, 0.3) is 16.8 Å². The van der Waals surface area contributed by atoms with Crippen molar-refractivity contribution < 1.29 is 22.4 Å². The van der Waals surface area contributed by atoms with Gasteiger partial charge in [0, 0.05) is 17.7 Å². The first-order valence-corrected chi connectivity index (χ1v) is 10.5. The van der Waals surface area contributed by atoms with E-state index < -0.39 is 41.5 Å². The summed E-state index contributed by atoms with van der Waals surface area (Å²) in [5.74, 6) is -7.32. The van der Waals surface area contributed by atoms with Crippen LogP contribution in [0.5, 0.6) is 0 Å². The van der Waals surface area contributed by atoms with Crippen molar-refractivity contribution in [1.82, 2.24) is 19.9 Å². The summed E-state index contributed by atoms with van der Waals surface area (Å²) in [7, 11) is 0. The molecule has 3 N–H and O–H groups in total. The number of carbonyl (C=O) groups is 1. The second-order valence-electron chi connectivity index (χ2n) is 7.69. The van der Waals surface area contributed by atoms with Gasteiger partial charge in [-0.2, -0.15) is 4.98 Å². The summed E-state index contributed by atoms with van der Waals surface area (Å²) in [6.07, 6.45) is 1.51. The highest BCUT2D eigenvalue weighted by atomic mass is 35.5. The molecule has 4 rings (SSSR count). The first kappa shape index (κ1) is 23.5. The van der Waals surface area contributed by atoms with Crippen LogP contribution >= 0.6 is 11.6 Å². The van der Waals surface area contributed by atoms with Crippen molar-refractivity contribution in [2.75, 3.05) is 12.3 Å². The van der Waals surface area contributed by atoms with Gasteiger partial charge in [-0.3, -0.25) is 4.79 Å². The van der Waals surface area contributed by atoms with Crippen molar-refractivity contribution in [2.24, 2.45) is 0 Å². The van der Waals surface area contributed by atoms with Crippen LogP contribution in [0.2, 0.25) is 5.02 Å². The number of fused-ring (bicyclic) bond motifs is 1. The Labute approximate surface area is 196 Å². The molecule has 2 aromatic carbocycles. The molecule has 0 aliphatic heterocycles. The number of amides is 1. The summed E-state index contributed by atoms with van der Waals surface area (Å²) in [5, 5.41) is 5.76. The standard InChI is InChI=1S/C23H18ClF4N5O/c1-12(13-2-4-15(25)5-3-13)23(27,28)11-30-21(34)19-17(24)7-6-16(20(19)26)14-8-9-33-18(10-14)31-22(29)32-33/h2-10,12H,11H2,1H3,(H2,29,32)(H,30,34)/t12-/m0/s1. The van der Waals surface area contributed by atoms with Gasteiger partial charge in [0.15, 0.2) is 5.65 Å². The molecular weight excluding hydrogens is 474 g/mol. The second kappa shape index (κ2) is 8.94. The SMILES string of the molecule is C[C@@H](c1ccc(F)cc1)C(F)(F)CNC(=O)c1c(Cl)ccc(-c2ccn3nc(N)nc3c2)c1F. The zero-order valence-electron chi connectivity index (χ0n) is 17.7. The van der Waals surface area contributed by atoms with Crippen molar-refractivity contribution in [3.05, 3.63) is 82.5 Å². The Morgan fingerprint density at radius 1 is 1.18 bits per heavy atom. The lowest BCUT2D eigenvalue weighted by Crippen LogP contribution is -2.40. The van der Waals surface area contributed by atoms with Crippen LogP contribution in [-0.2, 0) is 0 Å². The van der Waals surface area contributed by atoms with Gasteiger partial charge in [-0.05, 0) is 47.5 Å². The lowest BCUT2D eigenvalue weighted by Gasteiger charge is -2.24. The Morgan fingerprint density at radius 2 is 1.88 bits per heavy atom. The smallest absolute Gasteiger partial charge is 0.271 e. The van der Waals surface area contributed by atoms with Gasteiger partial charge >= 0.3 is 0 Å². The van der Waals surface area contributed by atoms with Crippen LogP contribution in [0.15, 0.2) is 54.7 Å². The van der Waals surface area contributed by atoms with Gasteiger partial charge < -0.3 is 11.1 Å². The molecule has 0 spiro atoms. The maximum absolute atomic E-state index is 15.3. The predicted molar refractivity (Wildman–Crippen MR) is 120 cm³/mol. The Bertz CT molecular complexity index is 1370. The third-order valence-electron chi connectivity index (χ3n) is 5.47. The van der Waals surface area contributed by atoms with Gasteiger partial charge in [-0.15, -0.1) is 5.10 Å². The van der Waals surface area contributed by atoms with Gasteiger partial charge in [0.25, 0.3) is 11.8 Å². The van der Waals surface area contributed by atoms with E-state index in [-0.39, 0.29) is 22.1 Å². The third kappa shape index (κ3) is 4.54. The van der Waals surface area contributed by atoms with Crippen LogP contribution < -0.4 is 11.1 Å². The summed E-state index contributed by atoms with van der Waals surface area (Å²) in [6.45, 7) is 0.177. The van der Waals surface area contributed by atoms with Gasteiger partial charge in [-0.25, -0.2) is 22.1 Å². The zero-order valence-corrected chi connectivity index (χ0v) is 18.5. The summed E-state index contributed by atoms with van der Waals surface area (Å²) in [4.78, 5) is 16.7. The second-order valence-corrected chi connectivity index (χ2v) is 8.10. The number of hydrogen-bond acceptors (Lipinski definition) is 4. The van der Waals surface area contributed by atoms with E-state index in [2.05, 4.69) is 15.4 Å². The number of rotatable bonds is 6. The predicted octanol–water partition coefficient (Wildman–Crippen LogP) is 5.08. The molecule has 2 heterocycles. The molecule has 1 atom stereocenters. The molecule has 176 valence electrons. The highest BCUT2D eigenvalue weighted by molar-refractivity contribution is 6.34. The first-order valence-electron chi connectivity index (χ1n) is 10.1. The van der Waals surface area contributed by atoms with E-state index in [9.17, 15) is 18.0 Å². The molecule has 11 heteroatoms. The largest absolute Gasteiger partial charge is 0.366 e. The van der Waals surface area contributed by atoms with Gasteiger partial charge in [-0.1, -0.05) is 30.7 Å². The first-order chi connectivity index (χ1) is 16.1. The fourth-order valence-electron chi connectivity index (χ4n) is 3.48. The summed E-state index contributed by atoms with van der Waals surface area (Å²) in [6, 6.07) is 10.4. The van der Waals surface area contributed by atoms with Crippen molar-refractivity contribution in [1.29, 1.82) is 0 Å². The molecule has 0 aliphatic rings. The molecule has 0 radical (unpaired) electrons. The number of benzene rings is 2. The number of pyridine rings is 1. The fraction of sp³-hybridized carbons (Fsp3) is 0.174. The number of nitrogens with one attached hydrogen (secondary N) is 1. The average Bonchev–Trinajstić information content (AvgIpc) is 3.17. The minimum Gasteiger partial charge on any atom is -0.366 e. The van der Waals surface area contributed by atoms with Crippen LogP contribution in [0, 0.1) is 11.6 Å². The van der Waals surface area contributed by atoms with Crippen molar-refractivity contribution in [2.45, 2.75) is 18.8 Å². The normalized spacial score (nSPS) is 12.6. The Morgan fingerprint density at radius 3 is 2.59 bits per heavy atom. The lowest BCUT2D eigenvalue weighted by atomic mass is 9.94. The molecular formula is C23H18ClF4N5O. The number of carbonyl (C=O) groups excluding carboxylic acids is 1. The lowest BCUT2D eigenvalue weighted by molar-refractivity contribution is -0.0198. The molecule has 34 heavy (non-hydrogen) atoms. The highest BCUT2D eigenvalue weighted by Crippen LogP contribution is 2.34. The average molecular weight is 492 g/mol. The molecule has 1 amide bonds. The Kier molecular flexibility index (Phi) is 6.18. The van der Waals surface area contributed by atoms with Gasteiger partial charge in [0.1, 0.15) is 11.6 Å². The van der Waals surface area contributed by atoms with E-state index in [1.807, 2.05) is 0 Å². The fourth-order valence-corrected chi connectivity index (χ4v) is 3.72. The van der Waals surface area contributed by atoms with Crippen molar-refractivity contribution >= 4 is 29.1 Å². The van der Waals surface area contributed by atoms with Gasteiger partial charge in [0.05, 0.1) is 17.1 Å². The van der Waals surface area contributed by atoms with Crippen molar-refractivity contribution in [3.8, 4) is 11.1 Å². The van der Waals surface area contributed by atoms with E-state index in [0.29, 0.717) is 11.2 Å². The minimum absolute atomic E-state index is 0.0186. The number of nitrogen functional groups attached to an aromatic ring is 1. The van der Waals surface area contributed by atoms with E-state index >= 15 is 4.39 Å². The molecule has 0 aliphatic carbocycles. The van der Waals surface area contributed by atoms with Crippen LogP contribution in [0.3, 0.4) is 0 Å². The summed E-state index contributed by atoms with van der Waals surface area (Å²) in [5.41, 5.74) is 5.92.